The van der Waals surface area contributed by atoms with E-state index in [0.29, 0.717) is 15.8 Å². The van der Waals surface area contributed by atoms with Crippen LogP contribution in [0.4, 0.5) is 0 Å². The lowest BCUT2D eigenvalue weighted by molar-refractivity contribution is 0.341. The number of sulfone groups is 1. The molecule has 21 heavy (non-hydrogen) atoms. The SMILES string of the molecule is N#Cc1cccc(OCCS(=O)(=O)c2ccccc2Br)c1. The minimum Gasteiger partial charge on any atom is -0.492 e. The van der Waals surface area contributed by atoms with Crippen LogP contribution in [0.5, 0.6) is 5.75 Å². The van der Waals surface area contributed by atoms with Crippen molar-refractivity contribution in [2.24, 2.45) is 0 Å². The Bertz CT molecular complexity index is 782. The Kier molecular flexibility index (Phi) is 4.99. The molecule has 108 valence electrons. The van der Waals surface area contributed by atoms with E-state index in [1.165, 1.54) is 0 Å². The molecule has 4 nitrogen and oxygen atoms in total. The Labute approximate surface area is 132 Å². The second-order valence-electron chi connectivity index (χ2n) is 4.24. The van der Waals surface area contributed by atoms with E-state index in [1.54, 1.807) is 48.5 Å². The van der Waals surface area contributed by atoms with Gasteiger partial charge in [0.15, 0.2) is 9.84 Å². The molecule has 0 spiro atoms. The summed E-state index contributed by atoms with van der Waals surface area (Å²) in [6.07, 6.45) is 0. The second kappa shape index (κ2) is 6.74. The Balaban J connectivity index is 2.03. The Morgan fingerprint density at radius 2 is 1.90 bits per heavy atom. The lowest BCUT2D eigenvalue weighted by Gasteiger charge is -2.08. The highest BCUT2D eigenvalue weighted by Gasteiger charge is 2.17. The number of halogens is 1. The van der Waals surface area contributed by atoms with E-state index in [1.807, 2.05) is 6.07 Å². The molecule has 0 heterocycles. The fraction of sp³-hybridized carbons (Fsp3) is 0.133. The molecule has 0 N–H and O–H groups in total. The standard InChI is InChI=1S/C15H12BrNO3S/c16-14-6-1-2-7-15(14)21(18,19)9-8-20-13-5-3-4-12(10-13)11-17/h1-7,10H,8-9H2. The predicted octanol–water partition coefficient (Wildman–Crippen LogP) is 3.17. The van der Waals surface area contributed by atoms with Crippen LogP contribution < -0.4 is 4.74 Å². The topological polar surface area (TPSA) is 67.2 Å². The molecule has 6 heteroatoms. The smallest absolute Gasteiger partial charge is 0.182 e. The highest BCUT2D eigenvalue weighted by atomic mass is 79.9. The van der Waals surface area contributed by atoms with Gasteiger partial charge in [0, 0.05) is 4.47 Å². The number of rotatable bonds is 5. The van der Waals surface area contributed by atoms with Crippen molar-refractivity contribution in [2.75, 3.05) is 12.4 Å². The summed E-state index contributed by atoms with van der Waals surface area (Å²) in [5.74, 6) is 0.350. The number of ether oxygens (including phenoxy) is 1. The summed E-state index contributed by atoms with van der Waals surface area (Å²) < 4.78 is 30.3. The van der Waals surface area contributed by atoms with Gasteiger partial charge in [0.05, 0.1) is 22.3 Å². The molecule has 0 unspecified atom stereocenters. The first-order chi connectivity index (χ1) is 10.0. The van der Waals surface area contributed by atoms with Crippen LogP contribution in [-0.4, -0.2) is 20.8 Å². The summed E-state index contributed by atoms with van der Waals surface area (Å²) >= 11 is 3.23. The van der Waals surface area contributed by atoms with Gasteiger partial charge in [-0.25, -0.2) is 8.42 Å². The van der Waals surface area contributed by atoms with Crippen molar-refractivity contribution >= 4 is 25.8 Å². The number of nitrogens with zero attached hydrogens (tertiary/aromatic N) is 1. The van der Waals surface area contributed by atoms with Crippen molar-refractivity contribution in [2.45, 2.75) is 4.90 Å². The highest BCUT2D eigenvalue weighted by molar-refractivity contribution is 9.10. The number of hydrogen-bond donors (Lipinski definition) is 0. The quantitative estimate of drug-likeness (QED) is 0.815. The zero-order valence-corrected chi connectivity index (χ0v) is 13.4. The molecule has 2 aromatic rings. The average molecular weight is 366 g/mol. The van der Waals surface area contributed by atoms with Crippen molar-refractivity contribution < 1.29 is 13.2 Å². The molecule has 2 rings (SSSR count). The van der Waals surface area contributed by atoms with Crippen LogP contribution in [0.15, 0.2) is 57.9 Å². The third kappa shape index (κ3) is 4.06. The summed E-state index contributed by atoms with van der Waals surface area (Å²) in [7, 11) is -3.41. The summed E-state index contributed by atoms with van der Waals surface area (Å²) in [4.78, 5) is 0.249. The zero-order chi connectivity index (χ0) is 15.3. The third-order valence-corrected chi connectivity index (χ3v) is 5.44. The lowest BCUT2D eigenvalue weighted by Crippen LogP contribution is -2.14. The first-order valence-corrected chi connectivity index (χ1v) is 8.58. The normalized spacial score (nSPS) is 10.9. The first-order valence-electron chi connectivity index (χ1n) is 6.13. The molecule has 0 saturated heterocycles. The molecule has 0 aliphatic carbocycles. The van der Waals surface area contributed by atoms with Gasteiger partial charge < -0.3 is 4.74 Å². The fourth-order valence-electron chi connectivity index (χ4n) is 1.73. The largest absolute Gasteiger partial charge is 0.492 e. The molecule has 2 aromatic carbocycles. The molecule has 0 bridgehead atoms. The van der Waals surface area contributed by atoms with E-state index in [2.05, 4.69) is 15.9 Å². The van der Waals surface area contributed by atoms with Gasteiger partial charge in [-0.3, -0.25) is 0 Å². The fourth-order valence-corrected chi connectivity index (χ4v) is 3.93. The predicted molar refractivity (Wildman–Crippen MR) is 82.8 cm³/mol. The third-order valence-electron chi connectivity index (χ3n) is 2.76. The summed E-state index contributed by atoms with van der Waals surface area (Å²) in [5.41, 5.74) is 0.473. The lowest BCUT2D eigenvalue weighted by atomic mass is 10.2. The van der Waals surface area contributed by atoms with Crippen LogP contribution in [0.3, 0.4) is 0 Å². The van der Waals surface area contributed by atoms with Crippen LogP contribution in [-0.2, 0) is 9.84 Å². The van der Waals surface area contributed by atoms with E-state index in [9.17, 15) is 8.42 Å². The molecule has 0 aliphatic rings. The average Bonchev–Trinajstić information content (AvgIpc) is 2.47. The van der Waals surface area contributed by atoms with Gasteiger partial charge in [0.1, 0.15) is 12.4 Å². The van der Waals surface area contributed by atoms with E-state index >= 15 is 0 Å². The molecule has 0 fully saturated rings. The molecule has 0 aromatic heterocycles. The monoisotopic (exact) mass is 365 g/mol. The molecule has 0 radical (unpaired) electrons. The van der Waals surface area contributed by atoms with Crippen molar-refractivity contribution in [1.29, 1.82) is 5.26 Å². The summed E-state index contributed by atoms with van der Waals surface area (Å²) in [6.45, 7) is 0.0263. The van der Waals surface area contributed by atoms with Crippen LogP contribution in [0.1, 0.15) is 5.56 Å². The van der Waals surface area contributed by atoms with Gasteiger partial charge >= 0.3 is 0 Å². The summed E-state index contributed by atoms with van der Waals surface area (Å²) in [6, 6.07) is 15.3. The Morgan fingerprint density at radius 3 is 2.62 bits per heavy atom. The first kappa shape index (κ1) is 15.5. The van der Waals surface area contributed by atoms with Gasteiger partial charge in [-0.15, -0.1) is 0 Å². The molecular weight excluding hydrogens is 354 g/mol. The molecule has 0 aliphatic heterocycles. The van der Waals surface area contributed by atoms with Gasteiger partial charge in [0.2, 0.25) is 0 Å². The van der Waals surface area contributed by atoms with Crippen LogP contribution in [0.2, 0.25) is 0 Å². The van der Waals surface area contributed by atoms with Gasteiger partial charge in [-0.2, -0.15) is 5.26 Å². The molecule has 0 amide bonds. The van der Waals surface area contributed by atoms with Crippen molar-refractivity contribution in [1.82, 2.24) is 0 Å². The van der Waals surface area contributed by atoms with E-state index in [4.69, 9.17) is 10.00 Å². The second-order valence-corrected chi connectivity index (χ2v) is 7.17. The maximum Gasteiger partial charge on any atom is 0.182 e. The molecular formula is C15H12BrNO3S. The van der Waals surface area contributed by atoms with Crippen molar-refractivity contribution in [3.05, 3.63) is 58.6 Å². The molecule has 0 saturated carbocycles. The minimum atomic E-state index is -3.41. The van der Waals surface area contributed by atoms with Gasteiger partial charge in [-0.05, 0) is 46.3 Å². The summed E-state index contributed by atoms with van der Waals surface area (Å²) in [5, 5.41) is 8.79. The van der Waals surface area contributed by atoms with Gasteiger partial charge in [0.25, 0.3) is 0 Å². The number of hydrogen-bond acceptors (Lipinski definition) is 4. The maximum atomic E-state index is 12.2. The van der Waals surface area contributed by atoms with Crippen molar-refractivity contribution in [3.63, 3.8) is 0 Å². The Hall–Kier alpha value is -1.84. The zero-order valence-electron chi connectivity index (χ0n) is 11.0. The van der Waals surface area contributed by atoms with Crippen LogP contribution in [0.25, 0.3) is 0 Å². The maximum absolute atomic E-state index is 12.2. The van der Waals surface area contributed by atoms with E-state index in [0.717, 1.165) is 0 Å². The number of nitriles is 1. The number of benzene rings is 2. The molecule has 0 atom stereocenters. The minimum absolute atomic E-state index is 0.0263. The highest BCUT2D eigenvalue weighted by Crippen LogP contribution is 2.22. The van der Waals surface area contributed by atoms with E-state index < -0.39 is 9.84 Å². The van der Waals surface area contributed by atoms with Crippen molar-refractivity contribution in [3.8, 4) is 11.8 Å². The van der Waals surface area contributed by atoms with E-state index in [-0.39, 0.29) is 17.3 Å². The Morgan fingerprint density at radius 1 is 1.14 bits per heavy atom. The van der Waals surface area contributed by atoms with Crippen LogP contribution >= 0.6 is 15.9 Å². The van der Waals surface area contributed by atoms with Gasteiger partial charge in [-0.1, -0.05) is 18.2 Å². The van der Waals surface area contributed by atoms with Crippen LogP contribution in [0, 0.1) is 11.3 Å².